The first kappa shape index (κ1) is 13.5. The third-order valence-electron chi connectivity index (χ3n) is 2.99. The Kier molecular flexibility index (Phi) is 6.42. The van der Waals surface area contributed by atoms with Crippen molar-refractivity contribution >= 4 is 5.97 Å². The maximum Gasteiger partial charge on any atom is 0.320 e. The van der Waals surface area contributed by atoms with Crippen LogP contribution < -0.4 is 5.73 Å². The molecular formula is C12H24N2O2. The summed E-state index contributed by atoms with van der Waals surface area (Å²) in [5.74, 6) is -0.0913. The highest BCUT2D eigenvalue weighted by molar-refractivity contribution is 5.71. The van der Waals surface area contributed by atoms with E-state index in [-0.39, 0.29) is 12.1 Å². The van der Waals surface area contributed by atoms with Gasteiger partial charge in [0.1, 0.15) is 6.10 Å². The molecule has 1 fully saturated rings. The zero-order chi connectivity index (χ0) is 11.8. The largest absolute Gasteiger partial charge is 0.461 e. The van der Waals surface area contributed by atoms with Crippen molar-refractivity contribution in [3.05, 3.63) is 0 Å². The number of rotatable bonds is 6. The van der Waals surface area contributed by atoms with Gasteiger partial charge in [0, 0.05) is 0 Å². The Morgan fingerprint density at radius 2 is 2.06 bits per heavy atom. The molecule has 1 saturated carbocycles. The molecule has 0 aromatic carbocycles. The van der Waals surface area contributed by atoms with Crippen molar-refractivity contribution in [2.45, 2.75) is 44.6 Å². The summed E-state index contributed by atoms with van der Waals surface area (Å²) in [6, 6.07) is 0. The molecule has 0 spiro atoms. The maximum atomic E-state index is 11.6. The standard InChI is InChI=1S/C12H24N2O2/c1-14(9-5-8-13)10-12(15)16-11-6-3-2-4-7-11/h11H,2-10,13H2,1H3. The van der Waals surface area contributed by atoms with Crippen LogP contribution in [0.15, 0.2) is 0 Å². The molecule has 1 aliphatic carbocycles. The monoisotopic (exact) mass is 228 g/mol. The summed E-state index contributed by atoms with van der Waals surface area (Å²) in [5, 5.41) is 0. The maximum absolute atomic E-state index is 11.6. The SMILES string of the molecule is CN(CCCN)CC(=O)OC1CCCCC1. The van der Waals surface area contributed by atoms with Crippen LogP contribution in [0.25, 0.3) is 0 Å². The van der Waals surface area contributed by atoms with E-state index >= 15 is 0 Å². The zero-order valence-electron chi connectivity index (χ0n) is 10.3. The average molecular weight is 228 g/mol. The molecule has 0 atom stereocenters. The zero-order valence-corrected chi connectivity index (χ0v) is 10.3. The van der Waals surface area contributed by atoms with Crippen LogP contribution >= 0.6 is 0 Å². The summed E-state index contributed by atoms with van der Waals surface area (Å²) < 4.78 is 5.43. The Bertz CT molecular complexity index is 203. The Morgan fingerprint density at radius 3 is 2.69 bits per heavy atom. The molecule has 0 aromatic heterocycles. The van der Waals surface area contributed by atoms with Crippen molar-refractivity contribution in [1.29, 1.82) is 0 Å². The summed E-state index contributed by atoms with van der Waals surface area (Å²) in [4.78, 5) is 13.6. The highest BCUT2D eigenvalue weighted by Gasteiger charge is 2.18. The van der Waals surface area contributed by atoms with E-state index in [9.17, 15) is 4.79 Å². The Hall–Kier alpha value is -0.610. The molecule has 2 N–H and O–H groups in total. The van der Waals surface area contributed by atoms with Crippen molar-refractivity contribution in [3.8, 4) is 0 Å². The smallest absolute Gasteiger partial charge is 0.320 e. The molecule has 0 amide bonds. The number of ether oxygens (including phenoxy) is 1. The Balaban J connectivity index is 2.13. The lowest BCUT2D eigenvalue weighted by Gasteiger charge is -2.23. The lowest BCUT2D eigenvalue weighted by atomic mass is 9.98. The molecule has 94 valence electrons. The number of carbonyl (C=O) groups is 1. The molecule has 16 heavy (non-hydrogen) atoms. The third kappa shape index (κ3) is 5.47. The highest BCUT2D eigenvalue weighted by atomic mass is 16.5. The van der Waals surface area contributed by atoms with Gasteiger partial charge in [0.2, 0.25) is 0 Å². The number of hydrogen-bond acceptors (Lipinski definition) is 4. The minimum atomic E-state index is -0.0913. The van der Waals surface area contributed by atoms with Crippen molar-refractivity contribution < 1.29 is 9.53 Å². The highest BCUT2D eigenvalue weighted by Crippen LogP contribution is 2.20. The molecule has 0 heterocycles. The average Bonchev–Trinajstić information content (AvgIpc) is 2.27. The number of esters is 1. The predicted molar refractivity (Wildman–Crippen MR) is 64.1 cm³/mol. The van der Waals surface area contributed by atoms with Crippen LogP contribution in [0.3, 0.4) is 0 Å². The first-order chi connectivity index (χ1) is 7.72. The quantitative estimate of drug-likeness (QED) is 0.693. The number of carbonyl (C=O) groups excluding carboxylic acids is 1. The fourth-order valence-corrected chi connectivity index (χ4v) is 2.07. The second-order valence-corrected chi connectivity index (χ2v) is 4.63. The Labute approximate surface area is 98.1 Å². The summed E-state index contributed by atoms with van der Waals surface area (Å²) in [6.45, 7) is 1.91. The van der Waals surface area contributed by atoms with Crippen LogP contribution in [0.5, 0.6) is 0 Å². The van der Waals surface area contributed by atoms with Crippen LogP contribution in [0.4, 0.5) is 0 Å². The van der Waals surface area contributed by atoms with E-state index in [2.05, 4.69) is 0 Å². The molecule has 1 aliphatic rings. The van der Waals surface area contributed by atoms with Crippen molar-refractivity contribution in [3.63, 3.8) is 0 Å². The fourth-order valence-electron chi connectivity index (χ4n) is 2.07. The number of nitrogens with zero attached hydrogens (tertiary/aromatic N) is 1. The summed E-state index contributed by atoms with van der Waals surface area (Å²) in [6.07, 6.45) is 6.85. The van der Waals surface area contributed by atoms with E-state index < -0.39 is 0 Å². The van der Waals surface area contributed by atoms with E-state index in [1.807, 2.05) is 11.9 Å². The molecule has 0 bridgehead atoms. The van der Waals surface area contributed by atoms with Gasteiger partial charge in [-0.2, -0.15) is 0 Å². The van der Waals surface area contributed by atoms with Gasteiger partial charge in [-0.25, -0.2) is 0 Å². The fraction of sp³-hybridized carbons (Fsp3) is 0.917. The second kappa shape index (κ2) is 7.63. The molecule has 1 rings (SSSR count). The van der Waals surface area contributed by atoms with Crippen LogP contribution in [-0.2, 0) is 9.53 Å². The predicted octanol–water partition coefficient (Wildman–Crippen LogP) is 1.14. The number of likely N-dealkylation sites (N-methyl/N-ethyl adjacent to an activating group) is 1. The minimum Gasteiger partial charge on any atom is -0.461 e. The number of hydrogen-bond donors (Lipinski definition) is 1. The minimum absolute atomic E-state index is 0.0913. The molecule has 0 saturated heterocycles. The molecule has 0 aromatic rings. The van der Waals surface area contributed by atoms with E-state index in [1.165, 1.54) is 19.3 Å². The van der Waals surface area contributed by atoms with Crippen molar-refractivity contribution in [2.75, 3.05) is 26.7 Å². The van der Waals surface area contributed by atoms with Gasteiger partial charge in [0.15, 0.2) is 0 Å². The van der Waals surface area contributed by atoms with Gasteiger partial charge in [-0.15, -0.1) is 0 Å². The van der Waals surface area contributed by atoms with Crippen LogP contribution in [0.2, 0.25) is 0 Å². The molecular weight excluding hydrogens is 204 g/mol. The van der Waals surface area contributed by atoms with Gasteiger partial charge in [-0.1, -0.05) is 6.42 Å². The molecule has 0 aliphatic heterocycles. The second-order valence-electron chi connectivity index (χ2n) is 4.63. The summed E-state index contributed by atoms with van der Waals surface area (Å²) >= 11 is 0. The van der Waals surface area contributed by atoms with Gasteiger partial charge in [-0.3, -0.25) is 9.69 Å². The first-order valence-corrected chi connectivity index (χ1v) is 6.30. The number of nitrogens with two attached hydrogens (primary N) is 1. The van der Waals surface area contributed by atoms with Crippen LogP contribution in [-0.4, -0.2) is 43.7 Å². The molecule has 4 heteroatoms. The Morgan fingerprint density at radius 1 is 1.38 bits per heavy atom. The lowest BCUT2D eigenvalue weighted by Crippen LogP contribution is -2.32. The van der Waals surface area contributed by atoms with Crippen molar-refractivity contribution in [1.82, 2.24) is 4.90 Å². The van der Waals surface area contributed by atoms with Gasteiger partial charge in [-0.05, 0) is 52.2 Å². The van der Waals surface area contributed by atoms with E-state index in [0.29, 0.717) is 13.1 Å². The van der Waals surface area contributed by atoms with Gasteiger partial charge in [0.05, 0.1) is 6.54 Å². The van der Waals surface area contributed by atoms with Crippen LogP contribution in [0.1, 0.15) is 38.5 Å². The van der Waals surface area contributed by atoms with E-state index in [1.54, 1.807) is 0 Å². The molecule has 0 radical (unpaired) electrons. The normalized spacial score (nSPS) is 17.7. The van der Waals surface area contributed by atoms with Gasteiger partial charge < -0.3 is 10.5 Å². The van der Waals surface area contributed by atoms with Crippen LogP contribution in [0, 0.1) is 0 Å². The van der Waals surface area contributed by atoms with Gasteiger partial charge >= 0.3 is 5.97 Å². The topological polar surface area (TPSA) is 55.6 Å². The summed E-state index contributed by atoms with van der Waals surface area (Å²) in [7, 11) is 1.93. The molecule has 0 unspecified atom stereocenters. The van der Waals surface area contributed by atoms with Gasteiger partial charge in [0.25, 0.3) is 0 Å². The lowest BCUT2D eigenvalue weighted by molar-refractivity contribution is -0.151. The third-order valence-corrected chi connectivity index (χ3v) is 2.99. The van der Waals surface area contributed by atoms with E-state index in [0.717, 1.165) is 25.8 Å². The molecule has 4 nitrogen and oxygen atoms in total. The van der Waals surface area contributed by atoms with Crippen molar-refractivity contribution in [2.24, 2.45) is 5.73 Å². The van der Waals surface area contributed by atoms with E-state index in [4.69, 9.17) is 10.5 Å². The first-order valence-electron chi connectivity index (χ1n) is 6.30. The summed E-state index contributed by atoms with van der Waals surface area (Å²) in [5.41, 5.74) is 5.41.